The molecule has 2 N–H and O–H groups in total. The molecule has 0 aromatic carbocycles. The van der Waals surface area contributed by atoms with Crippen LogP contribution in [0.1, 0.15) is 12.8 Å². The van der Waals surface area contributed by atoms with Crippen LogP contribution < -0.4 is 10.6 Å². The topological polar surface area (TPSA) is 44.4 Å². The van der Waals surface area contributed by atoms with Gasteiger partial charge in [-0.05, 0) is 26.4 Å². The number of rotatable bonds is 4. The first-order valence-corrected chi connectivity index (χ1v) is 5.64. The molecule has 1 rings (SSSR count). The summed E-state index contributed by atoms with van der Waals surface area (Å²) in [5, 5.41) is 4.99. The fraction of sp³-hybridized carbons (Fsp3) is 0.900. The van der Waals surface area contributed by atoms with Crippen LogP contribution >= 0.6 is 12.4 Å². The maximum absolute atomic E-state index is 11.9. The third-order valence-electron chi connectivity index (χ3n) is 2.77. The van der Waals surface area contributed by atoms with Crippen molar-refractivity contribution in [2.75, 3.05) is 33.2 Å². The van der Waals surface area contributed by atoms with E-state index in [2.05, 4.69) is 5.32 Å². The molecule has 1 saturated heterocycles. The van der Waals surface area contributed by atoms with Gasteiger partial charge in [0.1, 0.15) is 6.54 Å². The fourth-order valence-corrected chi connectivity index (χ4v) is 1.89. The first kappa shape index (κ1) is 17.5. The third kappa shape index (κ3) is 7.03. The summed E-state index contributed by atoms with van der Waals surface area (Å²) in [6.45, 7) is 0.247. The lowest BCUT2D eigenvalue weighted by Crippen LogP contribution is -2.48. The van der Waals surface area contributed by atoms with Crippen molar-refractivity contribution in [2.24, 2.45) is 0 Å². The van der Waals surface area contributed by atoms with E-state index in [0.29, 0.717) is 12.6 Å². The molecule has 1 heterocycles. The van der Waals surface area contributed by atoms with E-state index >= 15 is 0 Å². The fourth-order valence-electron chi connectivity index (χ4n) is 1.89. The number of nitrogens with zero attached hydrogens (tertiary/aromatic N) is 1. The smallest absolute Gasteiger partial charge is 0.346 e. The van der Waals surface area contributed by atoms with Gasteiger partial charge in [-0.2, -0.15) is 13.2 Å². The largest absolute Gasteiger partial charge is 0.405 e. The van der Waals surface area contributed by atoms with Crippen LogP contribution in [0.5, 0.6) is 0 Å². The molecule has 1 atom stereocenters. The molecule has 4 nitrogen and oxygen atoms in total. The number of carbonyl (C=O) groups is 1. The van der Waals surface area contributed by atoms with E-state index in [1.54, 1.807) is 0 Å². The van der Waals surface area contributed by atoms with Crippen LogP contribution in [0.25, 0.3) is 0 Å². The Morgan fingerprint density at radius 1 is 1.44 bits per heavy atom. The molecule has 1 aliphatic rings. The third-order valence-corrected chi connectivity index (χ3v) is 2.77. The van der Waals surface area contributed by atoms with Crippen LogP contribution in [-0.2, 0) is 4.79 Å². The maximum Gasteiger partial charge on any atom is 0.405 e. The molecule has 108 valence electrons. The van der Waals surface area contributed by atoms with E-state index in [1.807, 2.05) is 17.3 Å². The Morgan fingerprint density at radius 2 is 2.11 bits per heavy atom. The summed E-state index contributed by atoms with van der Waals surface area (Å²) in [6, 6.07) is 0.319. The lowest BCUT2D eigenvalue weighted by Gasteiger charge is -2.31. The SMILES string of the molecule is CNC1CCCN(CC(=O)NCC(F)(F)F)C1.Cl. The zero-order valence-electron chi connectivity index (χ0n) is 10.2. The zero-order valence-corrected chi connectivity index (χ0v) is 11.0. The number of amides is 1. The van der Waals surface area contributed by atoms with Crippen molar-refractivity contribution in [1.29, 1.82) is 0 Å². The van der Waals surface area contributed by atoms with Crippen molar-refractivity contribution in [3.8, 4) is 0 Å². The van der Waals surface area contributed by atoms with E-state index < -0.39 is 18.6 Å². The molecule has 0 bridgehead atoms. The highest BCUT2D eigenvalue weighted by atomic mass is 35.5. The second kappa shape index (κ2) is 7.81. The average molecular weight is 290 g/mol. The van der Waals surface area contributed by atoms with Gasteiger partial charge in [0, 0.05) is 12.6 Å². The molecule has 0 spiro atoms. The van der Waals surface area contributed by atoms with E-state index in [1.165, 1.54) is 0 Å². The Hall–Kier alpha value is -0.530. The lowest BCUT2D eigenvalue weighted by molar-refractivity contribution is -0.139. The highest BCUT2D eigenvalue weighted by molar-refractivity contribution is 5.85. The molecule has 0 aliphatic carbocycles. The predicted octanol–water partition coefficient (Wildman–Crippen LogP) is 0.770. The summed E-state index contributed by atoms with van der Waals surface area (Å²) < 4.78 is 35.6. The zero-order chi connectivity index (χ0) is 12.9. The van der Waals surface area contributed by atoms with Gasteiger partial charge in [0.15, 0.2) is 0 Å². The number of carbonyl (C=O) groups excluding carboxylic acids is 1. The molecule has 1 fully saturated rings. The van der Waals surface area contributed by atoms with Crippen LogP contribution in [0, 0.1) is 0 Å². The minimum Gasteiger partial charge on any atom is -0.346 e. The number of hydrogen-bond donors (Lipinski definition) is 2. The number of halogens is 4. The van der Waals surface area contributed by atoms with Gasteiger partial charge in [-0.1, -0.05) is 0 Å². The van der Waals surface area contributed by atoms with E-state index in [-0.39, 0.29) is 19.0 Å². The van der Waals surface area contributed by atoms with Gasteiger partial charge < -0.3 is 10.6 Å². The van der Waals surface area contributed by atoms with Crippen LogP contribution in [0.15, 0.2) is 0 Å². The van der Waals surface area contributed by atoms with Crippen molar-refractivity contribution in [3.05, 3.63) is 0 Å². The van der Waals surface area contributed by atoms with Gasteiger partial charge in [-0.25, -0.2) is 0 Å². The van der Waals surface area contributed by atoms with E-state index in [4.69, 9.17) is 0 Å². The molecule has 18 heavy (non-hydrogen) atoms. The maximum atomic E-state index is 11.9. The normalized spacial score (nSPS) is 21.2. The van der Waals surface area contributed by atoms with Crippen LogP contribution in [0.2, 0.25) is 0 Å². The van der Waals surface area contributed by atoms with Gasteiger partial charge in [0.2, 0.25) is 5.91 Å². The molecule has 0 aromatic rings. The van der Waals surface area contributed by atoms with E-state index in [0.717, 1.165) is 19.4 Å². The van der Waals surface area contributed by atoms with Crippen LogP contribution in [-0.4, -0.2) is 56.3 Å². The van der Waals surface area contributed by atoms with Gasteiger partial charge in [-0.3, -0.25) is 9.69 Å². The Labute approximate surface area is 111 Å². The summed E-state index contributed by atoms with van der Waals surface area (Å²) in [7, 11) is 1.85. The number of likely N-dealkylation sites (N-methyl/N-ethyl adjacent to an activating group) is 1. The molecule has 0 saturated carbocycles. The number of likely N-dealkylation sites (tertiary alicyclic amines) is 1. The quantitative estimate of drug-likeness (QED) is 0.804. The Balaban J connectivity index is 0.00000289. The van der Waals surface area contributed by atoms with Crippen LogP contribution in [0.4, 0.5) is 13.2 Å². The average Bonchev–Trinajstić information content (AvgIpc) is 2.26. The van der Waals surface area contributed by atoms with Crippen molar-refractivity contribution in [3.63, 3.8) is 0 Å². The van der Waals surface area contributed by atoms with Gasteiger partial charge in [0.05, 0.1) is 6.54 Å². The number of alkyl halides is 3. The summed E-state index contributed by atoms with van der Waals surface area (Å²) in [5.74, 6) is -0.570. The molecule has 8 heteroatoms. The molecule has 1 aliphatic heterocycles. The second-order valence-corrected chi connectivity index (χ2v) is 4.25. The van der Waals surface area contributed by atoms with Crippen LogP contribution in [0.3, 0.4) is 0 Å². The number of nitrogens with one attached hydrogen (secondary N) is 2. The van der Waals surface area contributed by atoms with Crippen molar-refractivity contribution >= 4 is 18.3 Å². The molecule has 0 radical (unpaired) electrons. The second-order valence-electron chi connectivity index (χ2n) is 4.25. The number of hydrogen-bond acceptors (Lipinski definition) is 3. The van der Waals surface area contributed by atoms with E-state index in [9.17, 15) is 18.0 Å². The summed E-state index contributed by atoms with van der Waals surface area (Å²) in [6.07, 6.45) is -2.35. The molecular weight excluding hydrogens is 271 g/mol. The van der Waals surface area contributed by atoms with Crippen molar-refractivity contribution in [2.45, 2.75) is 25.1 Å². The Bertz CT molecular complexity index is 263. The Morgan fingerprint density at radius 3 is 2.67 bits per heavy atom. The molecule has 1 amide bonds. The van der Waals surface area contributed by atoms with Gasteiger partial charge in [0.25, 0.3) is 0 Å². The first-order valence-electron chi connectivity index (χ1n) is 5.64. The van der Waals surface area contributed by atoms with Gasteiger partial charge >= 0.3 is 6.18 Å². The summed E-state index contributed by atoms with van der Waals surface area (Å²) in [5.41, 5.74) is 0. The minimum atomic E-state index is -4.34. The molecule has 0 aromatic heterocycles. The predicted molar refractivity (Wildman–Crippen MR) is 64.8 cm³/mol. The summed E-state index contributed by atoms with van der Waals surface area (Å²) in [4.78, 5) is 13.2. The monoisotopic (exact) mass is 289 g/mol. The minimum absolute atomic E-state index is 0. The lowest BCUT2D eigenvalue weighted by atomic mass is 10.1. The Kier molecular flexibility index (Phi) is 7.58. The highest BCUT2D eigenvalue weighted by Crippen LogP contribution is 2.12. The standard InChI is InChI=1S/C10H18F3N3O.ClH/c1-14-8-3-2-4-16(5-8)6-9(17)15-7-10(11,12)13;/h8,14H,2-7H2,1H3,(H,15,17);1H. The van der Waals surface area contributed by atoms with Gasteiger partial charge in [-0.15, -0.1) is 12.4 Å². The van der Waals surface area contributed by atoms with Crippen molar-refractivity contribution < 1.29 is 18.0 Å². The first-order chi connectivity index (χ1) is 7.90. The highest BCUT2D eigenvalue weighted by Gasteiger charge is 2.28. The molecular formula is C10H19ClF3N3O. The van der Waals surface area contributed by atoms with Crippen molar-refractivity contribution in [1.82, 2.24) is 15.5 Å². The molecule has 1 unspecified atom stereocenters. The summed E-state index contributed by atoms with van der Waals surface area (Å²) >= 11 is 0. The number of piperidine rings is 1.